The van der Waals surface area contributed by atoms with E-state index in [0.29, 0.717) is 5.69 Å². The van der Waals surface area contributed by atoms with Gasteiger partial charge in [0.05, 0.1) is 0 Å². The van der Waals surface area contributed by atoms with Gasteiger partial charge in [-0.2, -0.15) is 5.10 Å². The monoisotopic (exact) mass is 245 g/mol. The first kappa shape index (κ1) is 10.2. The summed E-state index contributed by atoms with van der Waals surface area (Å²) in [6.45, 7) is 0.753. The van der Waals surface area contributed by atoms with Gasteiger partial charge in [0.1, 0.15) is 5.69 Å². The maximum Gasteiger partial charge on any atom is 0.271 e. The van der Waals surface area contributed by atoms with Crippen LogP contribution in [0.2, 0.25) is 0 Å². The number of hydrogen-bond donors (Lipinski definition) is 1. The molecule has 0 saturated heterocycles. The number of amides is 1. The van der Waals surface area contributed by atoms with E-state index in [1.165, 1.54) is 0 Å². The van der Waals surface area contributed by atoms with E-state index in [0.717, 1.165) is 18.3 Å². The first-order valence-corrected chi connectivity index (χ1v) is 5.18. The molecule has 1 heterocycles. The molecular formula is C8H12BrN3O. The summed E-state index contributed by atoms with van der Waals surface area (Å²) in [6.07, 6.45) is 2.53. The summed E-state index contributed by atoms with van der Waals surface area (Å²) in [4.78, 5) is 13.2. The van der Waals surface area contributed by atoms with Crippen LogP contribution in [0.1, 0.15) is 16.9 Å². The predicted octanol–water partition coefficient (Wildman–Crippen LogP) is 1.27. The van der Waals surface area contributed by atoms with Gasteiger partial charge in [0.15, 0.2) is 0 Å². The lowest BCUT2D eigenvalue weighted by Gasteiger charge is -2.14. The topological polar surface area (TPSA) is 49.0 Å². The molecule has 0 aliphatic carbocycles. The van der Waals surface area contributed by atoms with E-state index < -0.39 is 0 Å². The second-order valence-electron chi connectivity index (χ2n) is 2.74. The Balaban J connectivity index is 2.48. The minimum absolute atomic E-state index is 0.0153. The fourth-order valence-corrected chi connectivity index (χ4v) is 1.23. The van der Waals surface area contributed by atoms with Crippen molar-refractivity contribution in [3.63, 3.8) is 0 Å². The molecule has 0 aliphatic heterocycles. The molecule has 0 unspecified atom stereocenters. The van der Waals surface area contributed by atoms with Crippen LogP contribution >= 0.6 is 15.9 Å². The van der Waals surface area contributed by atoms with Gasteiger partial charge in [0, 0.05) is 25.1 Å². The Morgan fingerprint density at radius 3 is 3.08 bits per heavy atom. The fraction of sp³-hybridized carbons (Fsp3) is 0.500. The van der Waals surface area contributed by atoms with Crippen LogP contribution in [-0.4, -0.2) is 39.9 Å². The Hall–Kier alpha value is -0.840. The number of carbonyl (C=O) groups excluding carboxylic acids is 1. The van der Waals surface area contributed by atoms with Gasteiger partial charge in [-0.3, -0.25) is 9.89 Å². The van der Waals surface area contributed by atoms with Crippen molar-refractivity contribution in [3.05, 3.63) is 18.0 Å². The molecule has 0 bridgehead atoms. The minimum Gasteiger partial charge on any atom is -0.340 e. The van der Waals surface area contributed by atoms with Crippen molar-refractivity contribution in [2.45, 2.75) is 6.42 Å². The van der Waals surface area contributed by atoms with Crippen LogP contribution in [0.25, 0.3) is 0 Å². The maximum atomic E-state index is 11.6. The summed E-state index contributed by atoms with van der Waals surface area (Å²) in [6, 6.07) is 1.67. The van der Waals surface area contributed by atoms with Crippen molar-refractivity contribution < 1.29 is 4.79 Å². The third kappa shape index (κ3) is 2.84. The molecule has 0 fully saturated rings. The van der Waals surface area contributed by atoms with Gasteiger partial charge in [-0.15, -0.1) is 0 Å². The Kier molecular flexibility index (Phi) is 3.95. The fourth-order valence-electron chi connectivity index (χ4n) is 0.979. The van der Waals surface area contributed by atoms with Crippen LogP contribution in [0.15, 0.2) is 12.3 Å². The van der Waals surface area contributed by atoms with E-state index in [1.807, 2.05) is 0 Å². The SMILES string of the molecule is CN(CCCBr)C(=O)c1ccn[nH]1. The molecule has 72 valence electrons. The number of carbonyl (C=O) groups is 1. The number of aromatic amines is 1. The van der Waals surface area contributed by atoms with Crippen molar-refractivity contribution in [2.75, 3.05) is 18.9 Å². The number of rotatable bonds is 4. The van der Waals surface area contributed by atoms with E-state index in [-0.39, 0.29) is 5.91 Å². The molecule has 0 aromatic carbocycles. The van der Waals surface area contributed by atoms with Crippen LogP contribution < -0.4 is 0 Å². The van der Waals surface area contributed by atoms with E-state index >= 15 is 0 Å². The van der Waals surface area contributed by atoms with Crippen molar-refractivity contribution in [2.24, 2.45) is 0 Å². The number of aromatic nitrogens is 2. The zero-order valence-corrected chi connectivity index (χ0v) is 9.04. The van der Waals surface area contributed by atoms with Crippen molar-refractivity contribution >= 4 is 21.8 Å². The lowest BCUT2D eigenvalue weighted by molar-refractivity contribution is 0.0790. The molecular weight excluding hydrogens is 234 g/mol. The number of H-pyrrole nitrogens is 1. The third-order valence-electron chi connectivity index (χ3n) is 1.70. The van der Waals surface area contributed by atoms with Crippen LogP contribution in [0, 0.1) is 0 Å². The largest absolute Gasteiger partial charge is 0.340 e. The maximum absolute atomic E-state index is 11.6. The van der Waals surface area contributed by atoms with Gasteiger partial charge in [0.2, 0.25) is 0 Å². The second-order valence-corrected chi connectivity index (χ2v) is 3.53. The van der Waals surface area contributed by atoms with Gasteiger partial charge >= 0.3 is 0 Å². The quantitative estimate of drug-likeness (QED) is 0.813. The molecule has 1 N–H and O–H groups in total. The highest BCUT2D eigenvalue weighted by atomic mass is 79.9. The molecule has 0 saturated carbocycles. The summed E-state index contributed by atoms with van der Waals surface area (Å²) in [7, 11) is 1.78. The molecule has 1 rings (SSSR count). The van der Waals surface area contributed by atoms with Crippen LogP contribution in [0.3, 0.4) is 0 Å². The highest BCUT2D eigenvalue weighted by Gasteiger charge is 2.11. The van der Waals surface area contributed by atoms with Crippen LogP contribution in [0.4, 0.5) is 0 Å². The molecule has 0 radical (unpaired) electrons. The van der Waals surface area contributed by atoms with Crippen LogP contribution in [-0.2, 0) is 0 Å². The smallest absolute Gasteiger partial charge is 0.271 e. The lowest BCUT2D eigenvalue weighted by atomic mass is 10.3. The summed E-state index contributed by atoms with van der Waals surface area (Å²) in [5.41, 5.74) is 0.539. The molecule has 0 aliphatic rings. The van der Waals surface area contributed by atoms with Gasteiger partial charge in [0.25, 0.3) is 5.91 Å². The van der Waals surface area contributed by atoms with Crippen molar-refractivity contribution in [1.29, 1.82) is 0 Å². The average Bonchev–Trinajstić information content (AvgIpc) is 2.65. The van der Waals surface area contributed by atoms with Crippen molar-refractivity contribution in [1.82, 2.24) is 15.1 Å². The van der Waals surface area contributed by atoms with Gasteiger partial charge in [-0.25, -0.2) is 0 Å². The molecule has 0 atom stereocenters. The van der Waals surface area contributed by atoms with E-state index in [4.69, 9.17) is 0 Å². The highest BCUT2D eigenvalue weighted by Crippen LogP contribution is 1.99. The standard InChI is InChI=1S/C8H12BrN3O/c1-12(6-2-4-9)8(13)7-3-5-10-11-7/h3,5H,2,4,6H2,1H3,(H,10,11). The van der Waals surface area contributed by atoms with E-state index in [9.17, 15) is 4.79 Å². The Morgan fingerprint density at radius 1 is 1.77 bits per heavy atom. The van der Waals surface area contributed by atoms with Gasteiger partial charge < -0.3 is 4.90 Å². The second kappa shape index (κ2) is 5.01. The van der Waals surface area contributed by atoms with Crippen molar-refractivity contribution in [3.8, 4) is 0 Å². The summed E-state index contributed by atoms with van der Waals surface area (Å²) >= 11 is 3.32. The first-order chi connectivity index (χ1) is 6.25. The predicted molar refractivity (Wildman–Crippen MR) is 54.0 cm³/mol. The highest BCUT2D eigenvalue weighted by molar-refractivity contribution is 9.09. The zero-order valence-electron chi connectivity index (χ0n) is 7.46. The van der Waals surface area contributed by atoms with E-state index in [1.54, 1.807) is 24.2 Å². The summed E-state index contributed by atoms with van der Waals surface area (Å²) in [5.74, 6) is -0.0153. The third-order valence-corrected chi connectivity index (χ3v) is 2.27. The minimum atomic E-state index is -0.0153. The number of hydrogen-bond acceptors (Lipinski definition) is 2. The Morgan fingerprint density at radius 2 is 2.54 bits per heavy atom. The number of nitrogens with one attached hydrogen (secondary N) is 1. The van der Waals surface area contributed by atoms with E-state index in [2.05, 4.69) is 26.1 Å². The molecule has 4 nitrogen and oxygen atoms in total. The van der Waals surface area contributed by atoms with Crippen LogP contribution in [0.5, 0.6) is 0 Å². The first-order valence-electron chi connectivity index (χ1n) is 4.06. The Bertz CT molecular complexity index is 260. The summed E-state index contributed by atoms with van der Waals surface area (Å²) in [5, 5.41) is 7.28. The molecule has 1 amide bonds. The molecule has 1 aromatic rings. The number of nitrogens with zero attached hydrogens (tertiary/aromatic N) is 2. The lowest BCUT2D eigenvalue weighted by Crippen LogP contribution is -2.28. The molecule has 5 heteroatoms. The molecule has 1 aromatic heterocycles. The number of alkyl halides is 1. The van der Waals surface area contributed by atoms with Gasteiger partial charge in [-0.1, -0.05) is 15.9 Å². The molecule has 0 spiro atoms. The van der Waals surface area contributed by atoms with Gasteiger partial charge in [-0.05, 0) is 12.5 Å². The Labute approximate surface area is 85.4 Å². The molecule has 13 heavy (non-hydrogen) atoms. The summed E-state index contributed by atoms with van der Waals surface area (Å²) < 4.78 is 0. The average molecular weight is 246 g/mol. The normalized spacial score (nSPS) is 10.0. The number of halogens is 1. The zero-order chi connectivity index (χ0) is 9.68.